The van der Waals surface area contributed by atoms with Gasteiger partial charge in [-0.05, 0) is 25.8 Å². The third-order valence-electron chi connectivity index (χ3n) is 4.20. The molecule has 21 heavy (non-hydrogen) atoms. The molecule has 114 valence electrons. The Labute approximate surface area is 124 Å². The summed E-state index contributed by atoms with van der Waals surface area (Å²) >= 11 is 0. The zero-order valence-electron chi connectivity index (χ0n) is 12.7. The fourth-order valence-electron chi connectivity index (χ4n) is 2.91. The minimum Gasteiger partial charge on any atom is -0.370 e. The molecule has 3 heterocycles. The van der Waals surface area contributed by atoms with E-state index in [1.54, 1.807) is 0 Å². The second kappa shape index (κ2) is 6.41. The number of H-pyrrole nitrogens is 1. The minimum absolute atomic E-state index is 0.107. The van der Waals surface area contributed by atoms with Crippen molar-refractivity contribution >= 4 is 0 Å². The van der Waals surface area contributed by atoms with Crippen molar-refractivity contribution in [1.82, 2.24) is 25.1 Å². The van der Waals surface area contributed by atoms with Crippen LogP contribution in [0.25, 0.3) is 0 Å². The summed E-state index contributed by atoms with van der Waals surface area (Å²) in [6.07, 6.45) is 6.93. The lowest BCUT2D eigenvalue weighted by Gasteiger charge is -2.19. The van der Waals surface area contributed by atoms with E-state index in [1.807, 2.05) is 18.6 Å². The molecule has 2 aromatic rings. The van der Waals surface area contributed by atoms with Gasteiger partial charge in [0.1, 0.15) is 11.9 Å². The quantitative estimate of drug-likeness (QED) is 0.851. The first-order valence-electron chi connectivity index (χ1n) is 7.61. The van der Waals surface area contributed by atoms with Gasteiger partial charge in [-0.15, -0.1) is 0 Å². The molecule has 6 nitrogen and oxygen atoms in total. The summed E-state index contributed by atoms with van der Waals surface area (Å²) in [5, 5.41) is 10.6. The van der Waals surface area contributed by atoms with Gasteiger partial charge in [0, 0.05) is 44.6 Å². The molecule has 6 heteroatoms. The maximum absolute atomic E-state index is 5.92. The van der Waals surface area contributed by atoms with E-state index in [-0.39, 0.29) is 6.10 Å². The SMILES string of the molecule is CCn1ccnc1[C@@H]1OCC[C@H]1CNCc1[nH]ncc1C. The van der Waals surface area contributed by atoms with Crippen molar-refractivity contribution in [2.75, 3.05) is 13.2 Å². The molecule has 2 aromatic heterocycles. The first-order valence-corrected chi connectivity index (χ1v) is 7.61. The highest BCUT2D eigenvalue weighted by Crippen LogP contribution is 2.33. The Balaban J connectivity index is 1.58. The fraction of sp³-hybridized carbons (Fsp3) is 0.600. The van der Waals surface area contributed by atoms with Gasteiger partial charge in [0.15, 0.2) is 0 Å². The average Bonchev–Trinajstić information content (AvgIpc) is 3.19. The van der Waals surface area contributed by atoms with E-state index in [0.717, 1.165) is 44.2 Å². The molecule has 3 rings (SSSR count). The monoisotopic (exact) mass is 289 g/mol. The molecule has 1 saturated heterocycles. The van der Waals surface area contributed by atoms with Gasteiger partial charge in [-0.3, -0.25) is 5.10 Å². The number of nitrogens with one attached hydrogen (secondary N) is 2. The van der Waals surface area contributed by atoms with E-state index in [0.29, 0.717) is 5.92 Å². The third kappa shape index (κ3) is 3.01. The molecule has 0 bridgehead atoms. The molecule has 2 atom stereocenters. The molecule has 0 radical (unpaired) electrons. The second-order valence-corrected chi connectivity index (χ2v) is 5.57. The number of hydrogen-bond donors (Lipinski definition) is 2. The van der Waals surface area contributed by atoms with E-state index < -0.39 is 0 Å². The van der Waals surface area contributed by atoms with Gasteiger partial charge in [0.2, 0.25) is 0 Å². The summed E-state index contributed by atoms with van der Waals surface area (Å²) < 4.78 is 8.09. The summed E-state index contributed by atoms with van der Waals surface area (Å²) in [6, 6.07) is 0. The van der Waals surface area contributed by atoms with E-state index in [2.05, 4.69) is 38.9 Å². The van der Waals surface area contributed by atoms with Crippen LogP contribution in [0.3, 0.4) is 0 Å². The van der Waals surface area contributed by atoms with Crippen LogP contribution in [0.4, 0.5) is 0 Å². The number of imidazole rings is 1. The first-order chi connectivity index (χ1) is 10.3. The molecule has 0 amide bonds. The van der Waals surface area contributed by atoms with Crippen LogP contribution < -0.4 is 5.32 Å². The molecule has 1 aliphatic heterocycles. The maximum atomic E-state index is 5.92. The summed E-state index contributed by atoms with van der Waals surface area (Å²) in [6.45, 7) is 7.70. The van der Waals surface area contributed by atoms with Crippen LogP contribution in [0.1, 0.15) is 36.5 Å². The molecule has 0 unspecified atom stereocenters. The number of aryl methyl sites for hydroxylation is 2. The fourth-order valence-corrected chi connectivity index (χ4v) is 2.91. The summed E-state index contributed by atoms with van der Waals surface area (Å²) in [5.41, 5.74) is 2.35. The molecular weight excluding hydrogens is 266 g/mol. The van der Waals surface area contributed by atoms with Crippen LogP contribution in [-0.4, -0.2) is 32.9 Å². The lowest BCUT2D eigenvalue weighted by atomic mass is 10.0. The van der Waals surface area contributed by atoms with Gasteiger partial charge in [-0.25, -0.2) is 4.98 Å². The van der Waals surface area contributed by atoms with Crippen LogP contribution in [0.2, 0.25) is 0 Å². The second-order valence-electron chi connectivity index (χ2n) is 5.57. The third-order valence-corrected chi connectivity index (χ3v) is 4.20. The van der Waals surface area contributed by atoms with Crippen molar-refractivity contribution in [2.24, 2.45) is 5.92 Å². The van der Waals surface area contributed by atoms with Crippen LogP contribution >= 0.6 is 0 Å². The Morgan fingerprint density at radius 3 is 3.19 bits per heavy atom. The number of aromatic nitrogens is 4. The first kappa shape index (κ1) is 14.3. The number of aromatic amines is 1. The molecule has 1 aliphatic rings. The molecular formula is C15H23N5O. The maximum Gasteiger partial charge on any atom is 0.138 e. The standard InChI is InChI=1S/C15H23N5O/c1-3-20-6-5-17-15(20)14-12(4-7-21-14)9-16-10-13-11(2)8-18-19-13/h5-6,8,12,14,16H,3-4,7,9-10H2,1-2H3,(H,18,19)/t12-,14+/m0/s1. The summed E-state index contributed by atoms with van der Waals surface area (Å²) in [4.78, 5) is 4.49. The number of ether oxygens (including phenoxy) is 1. The molecule has 0 aliphatic carbocycles. The van der Waals surface area contributed by atoms with Crippen molar-refractivity contribution in [2.45, 2.75) is 39.5 Å². The smallest absolute Gasteiger partial charge is 0.138 e. The molecule has 0 spiro atoms. The summed E-state index contributed by atoms with van der Waals surface area (Å²) in [7, 11) is 0. The van der Waals surface area contributed by atoms with E-state index in [4.69, 9.17) is 4.74 Å². The summed E-state index contributed by atoms with van der Waals surface area (Å²) in [5.74, 6) is 1.53. The van der Waals surface area contributed by atoms with Crippen LogP contribution in [0.15, 0.2) is 18.6 Å². The molecule has 2 N–H and O–H groups in total. The van der Waals surface area contributed by atoms with Crippen LogP contribution in [0, 0.1) is 12.8 Å². The van der Waals surface area contributed by atoms with Gasteiger partial charge in [-0.1, -0.05) is 0 Å². The number of nitrogens with zero attached hydrogens (tertiary/aromatic N) is 3. The Hall–Kier alpha value is -1.66. The van der Waals surface area contributed by atoms with Crippen molar-refractivity contribution < 1.29 is 4.74 Å². The normalized spacial score (nSPS) is 22.0. The predicted octanol–water partition coefficient (Wildman–Crippen LogP) is 1.80. The molecule has 1 fully saturated rings. The highest BCUT2D eigenvalue weighted by atomic mass is 16.5. The minimum atomic E-state index is 0.107. The average molecular weight is 289 g/mol. The lowest BCUT2D eigenvalue weighted by molar-refractivity contribution is 0.0803. The number of hydrogen-bond acceptors (Lipinski definition) is 4. The highest BCUT2D eigenvalue weighted by molar-refractivity contribution is 5.13. The largest absolute Gasteiger partial charge is 0.370 e. The van der Waals surface area contributed by atoms with Crippen molar-refractivity contribution in [1.29, 1.82) is 0 Å². The molecule has 0 aromatic carbocycles. The van der Waals surface area contributed by atoms with Gasteiger partial charge < -0.3 is 14.6 Å². The topological polar surface area (TPSA) is 67.8 Å². The zero-order chi connectivity index (χ0) is 14.7. The van der Waals surface area contributed by atoms with Crippen molar-refractivity contribution in [3.8, 4) is 0 Å². The highest BCUT2D eigenvalue weighted by Gasteiger charge is 2.32. The Morgan fingerprint density at radius 2 is 2.43 bits per heavy atom. The van der Waals surface area contributed by atoms with Crippen LogP contribution in [0.5, 0.6) is 0 Å². The van der Waals surface area contributed by atoms with E-state index in [9.17, 15) is 0 Å². The van der Waals surface area contributed by atoms with Crippen molar-refractivity contribution in [3.05, 3.63) is 35.7 Å². The Kier molecular flexibility index (Phi) is 4.36. The Bertz CT molecular complexity index is 576. The van der Waals surface area contributed by atoms with Gasteiger partial charge in [0.25, 0.3) is 0 Å². The van der Waals surface area contributed by atoms with Gasteiger partial charge in [-0.2, -0.15) is 5.10 Å². The Morgan fingerprint density at radius 1 is 1.52 bits per heavy atom. The van der Waals surface area contributed by atoms with Crippen molar-refractivity contribution in [3.63, 3.8) is 0 Å². The zero-order valence-corrected chi connectivity index (χ0v) is 12.7. The van der Waals surface area contributed by atoms with Gasteiger partial charge >= 0.3 is 0 Å². The molecule has 0 saturated carbocycles. The van der Waals surface area contributed by atoms with E-state index >= 15 is 0 Å². The van der Waals surface area contributed by atoms with Gasteiger partial charge in [0.05, 0.1) is 11.9 Å². The number of rotatable bonds is 6. The lowest BCUT2D eigenvalue weighted by Crippen LogP contribution is -2.26. The van der Waals surface area contributed by atoms with E-state index in [1.165, 1.54) is 5.56 Å². The predicted molar refractivity (Wildman–Crippen MR) is 79.7 cm³/mol. The van der Waals surface area contributed by atoms with Crippen LogP contribution in [-0.2, 0) is 17.8 Å².